The molecule has 0 spiro atoms. The molecule has 3 rings (SSSR count). The number of nitrogens with zero attached hydrogens (tertiary/aromatic N) is 1. The van der Waals surface area contributed by atoms with E-state index in [1.54, 1.807) is 12.3 Å². The highest BCUT2D eigenvalue weighted by atomic mass is 79.9. The predicted octanol–water partition coefficient (Wildman–Crippen LogP) is 3.48. The highest BCUT2D eigenvalue weighted by Gasteiger charge is 2.20. The molecular weight excluding hydrogens is 309 g/mol. The lowest BCUT2D eigenvalue weighted by Gasteiger charge is -2.02. The maximum atomic E-state index is 13.8. The van der Waals surface area contributed by atoms with Crippen molar-refractivity contribution in [2.75, 3.05) is 6.54 Å². The highest BCUT2D eigenvalue weighted by Crippen LogP contribution is 2.27. The van der Waals surface area contributed by atoms with Crippen LogP contribution >= 0.6 is 15.9 Å². The number of hydrogen-bond acceptors (Lipinski definition) is 2. The SMILES string of the molecule is Fc1cc(Br)ccc1-c1cnc(CNCC2CC2)[nH]1. The number of halogens is 2. The summed E-state index contributed by atoms with van der Waals surface area (Å²) >= 11 is 3.25. The molecule has 1 aromatic carbocycles. The number of aromatic nitrogens is 2. The molecule has 2 N–H and O–H groups in total. The van der Waals surface area contributed by atoms with Gasteiger partial charge in [0.15, 0.2) is 0 Å². The van der Waals surface area contributed by atoms with E-state index in [0.29, 0.717) is 17.8 Å². The van der Waals surface area contributed by atoms with E-state index in [4.69, 9.17) is 0 Å². The zero-order valence-electron chi connectivity index (χ0n) is 10.4. The van der Waals surface area contributed by atoms with E-state index in [9.17, 15) is 4.39 Å². The number of H-pyrrole nitrogens is 1. The lowest BCUT2D eigenvalue weighted by molar-refractivity contribution is 0.622. The van der Waals surface area contributed by atoms with Crippen LogP contribution in [0, 0.1) is 11.7 Å². The number of nitrogens with one attached hydrogen (secondary N) is 2. The van der Waals surface area contributed by atoms with Crippen LogP contribution in [0.2, 0.25) is 0 Å². The van der Waals surface area contributed by atoms with Gasteiger partial charge in [0.2, 0.25) is 0 Å². The molecule has 19 heavy (non-hydrogen) atoms. The first-order valence-electron chi connectivity index (χ1n) is 6.42. The van der Waals surface area contributed by atoms with Gasteiger partial charge in [0, 0.05) is 10.0 Å². The lowest BCUT2D eigenvalue weighted by Crippen LogP contribution is -2.16. The van der Waals surface area contributed by atoms with Gasteiger partial charge in [-0.2, -0.15) is 0 Å². The average molecular weight is 324 g/mol. The summed E-state index contributed by atoms with van der Waals surface area (Å²) in [4.78, 5) is 7.43. The van der Waals surface area contributed by atoms with E-state index in [0.717, 1.165) is 22.8 Å². The first-order chi connectivity index (χ1) is 9.22. The minimum atomic E-state index is -0.254. The van der Waals surface area contributed by atoms with Crippen molar-refractivity contribution < 1.29 is 4.39 Å². The fraction of sp³-hybridized carbons (Fsp3) is 0.357. The van der Waals surface area contributed by atoms with Gasteiger partial charge in [0.25, 0.3) is 0 Å². The quantitative estimate of drug-likeness (QED) is 0.884. The van der Waals surface area contributed by atoms with Gasteiger partial charge in [-0.15, -0.1) is 0 Å². The summed E-state index contributed by atoms with van der Waals surface area (Å²) in [6.45, 7) is 1.75. The van der Waals surface area contributed by atoms with Crippen LogP contribution < -0.4 is 5.32 Å². The third kappa shape index (κ3) is 3.22. The van der Waals surface area contributed by atoms with Crippen LogP contribution in [0.4, 0.5) is 4.39 Å². The van der Waals surface area contributed by atoms with E-state index >= 15 is 0 Å². The van der Waals surface area contributed by atoms with Gasteiger partial charge < -0.3 is 10.3 Å². The zero-order chi connectivity index (χ0) is 13.2. The molecule has 0 bridgehead atoms. The van der Waals surface area contributed by atoms with Crippen molar-refractivity contribution in [2.24, 2.45) is 5.92 Å². The maximum absolute atomic E-state index is 13.8. The first-order valence-corrected chi connectivity index (χ1v) is 7.21. The summed E-state index contributed by atoms with van der Waals surface area (Å²) in [5.41, 5.74) is 1.26. The first kappa shape index (κ1) is 12.8. The Balaban J connectivity index is 1.68. The summed E-state index contributed by atoms with van der Waals surface area (Å²) in [7, 11) is 0. The van der Waals surface area contributed by atoms with Gasteiger partial charge in [-0.3, -0.25) is 0 Å². The Labute approximate surface area is 119 Å². The highest BCUT2D eigenvalue weighted by molar-refractivity contribution is 9.10. The monoisotopic (exact) mass is 323 g/mol. The van der Waals surface area contributed by atoms with Crippen LogP contribution in [0.1, 0.15) is 18.7 Å². The summed E-state index contributed by atoms with van der Waals surface area (Å²) in [6, 6.07) is 5.03. The second-order valence-corrected chi connectivity index (χ2v) is 5.86. The van der Waals surface area contributed by atoms with Gasteiger partial charge in [0.1, 0.15) is 11.6 Å². The van der Waals surface area contributed by atoms with Crippen LogP contribution in [0.25, 0.3) is 11.3 Å². The second kappa shape index (κ2) is 5.43. The van der Waals surface area contributed by atoms with Gasteiger partial charge in [-0.1, -0.05) is 15.9 Å². The molecule has 0 atom stereocenters. The Morgan fingerprint density at radius 1 is 1.42 bits per heavy atom. The van der Waals surface area contributed by atoms with E-state index < -0.39 is 0 Å². The summed E-state index contributed by atoms with van der Waals surface area (Å²) in [5, 5.41) is 3.36. The number of benzene rings is 1. The molecule has 0 saturated heterocycles. The van der Waals surface area contributed by atoms with Crippen molar-refractivity contribution in [2.45, 2.75) is 19.4 Å². The molecule has 100 valence electrons. The molecule has 2 aromatic rings. The molecule has 0 amide bonds. The van der Waals surface area contributed by atoms with Gasteiger partial charge >= 0.3 is 0 Å². The largest absolute Gasteiger partial charge is 0.341 e. The van der Waals surface area contributed by atoms with Gasteiger partial charge in [-0.25, -0.2) is 9.37 Å². The lowest BCUT2D eigenvalue weighted by atomic mass is 10.1. The number of rotatable bonds is 5. The number of aromatic amines is 1. The molecule has 1 heterocycles. The van der Waals surface area contributed by atoms with Crippen LogP contribution in [-0.2, 0) is 6.54 Å². The van der Waals surface area contributed by atoms with Crippen LogP contribution in [0.15, 0.2) is 28.9 Å². The van der Waals surface area contributed by atoms with Crippen molar-refractivity contribution in [3.05, 3.63) is 40.5 Å². The topological polar surface area (TPSA) is 40.7 Å². The van der Waals surface area contributed by atoms with Crippen molar-refractivity contribution >= 4 is 15.9 Å². The maximum Gasteiger partial charge on any atom is 0.133 e. The number of hydrogen-bond donors (Lipinski definition) is 2. The molecule has 0 aliphatic heterocycles. The van der Waals surface area contributed by atoms with Crippen molar-refractivity contribution in [1.29, 1.82) is 0 Å². The Kier molecular flexibility index (Phi) is 3.66. The van der Waals surface area contributed by atoms with Crippen molar-refractivity contribution in [3.8, 4) is 11.3 Å². The van der Waals surface area contributed by atoms with Crippen LogP contribution in [0.5, 0.6) is 0 Å². The van der Waals surface area contributed by atoms with Crippen molar-refractivity contribution in [1.82, 2.24) is 15.3 Å². The molecular formula is C14H15BrFN3. The van der Waals surface area contributed by atoms with Crippen LogP contribution in [-0.4, -0.2) is 16.5 Å². The molecule has 1 aliphatic rings. The fourth-order valence-corrected chi connectivity index (χ4v) is 2.35. The Hall–Kier alpha value is -1.20. The third-order valence-corrected chi connectivity index (χ3v) is 3.77. The van der Waals surface area contributed by atoms with Crippen molar-refractivity contribution in [3.63, 3.8) is 0 Å². The standard InChI is InChI=1S/C14H15BrFN3/c15-10-3-4-11(12(16)5-10)13-7-18-14(19-13)8-17-6-9-1-2-9/h3-5,7,9,17H,1-2,6,8H2,(H,18,19). The number of imidazole rings is 1. The third-order valence-electron chi connectivity index (χ3n) is 3.27. The summed E-state index contributed by atoms with van der Waals surface area (Å²) in [5.74, 6) is 1.44. The molecule has 1 aromatic heterocycles. The Morgan fingerprint density at radius 2 is 2.26 bits per heavy atom. The molecule has 1 aliphatic carbocycles. The molecule has 1 saturated carbocycles. The summed E-state index contributed by atoms with van der Waals surface area (Å²) < 4.78 is 14.6. The van der Waals surface area contributed by atoms with Gasteiger partial charge in [-0.05, 0) is 43.5 Å². The normalized spacial score (nSPS) is 14.8. The molecule has 1 fully saturated rings. The average Bonchev–Trinajstić information content (AvgIpc) is 3.07. The smallest absolute Gasteiger partial charge is 0.133 e. The van der Waals surface area contributed by atoms with Gasteiger partial charge in [0.05, 0.1) is 18.4 Å². The Morgan fingerprint density at radius 3 is 3.00 bits per heavy atom. The zero-order valence-corrected chi connectivity index (χ0v) is 12.0. The van der Waals surface area contributed by atoms with Crippen LogP contribution in [0.3, 0.4) is 0 Å². The molecule has 3 nitrogen and oxygen atoms in total. The minimum absolute atomic E-state index is 0.254. The fourth-order valence-electron chi connectivity index (χ4n) is 2.01. The summed E-state index contributed by atoms with van der Waals surface area (Å²) in [6.07, 6.45) is 4.35. The van der Waals surface area contributed by atoms with E-state index in [1.807, 2.05) is 6.07 Å². The van der Waals surface area contributed by atoms with E-state index in [1.165, 1.54) is 18.9 Å². The molecule has 5 heteroatoms. The second-order valence-electron chi connectivity index (χ2n) is 4.94. The minimum Gasteiger partial charge on any atom is -0.341 e. The Bertz CT molecular complexity index is 578. The molecule has 0 radical (unpaired) electrons. The predicted molar refractivity (Wildman–Crippen MR) is 76.1 cm³/mol. The van der Waals surface area contributed by atoms with E-state index in [-0.39, 0.29) is 5.82 Å². The van der Waals surface area contributed by atoms with E-state index in [2.05, 4.69) is 31.2 Å². The molecule has 0 unspecified atom stereocenters.